The van der Waals surface area contributed by atoms with Crippen molar-refractivity contribution in [3.63, 3.8) is 0 Å². The van der Waals surface area contributed by atoms with Gasteiger partial charge in [0.15, 0.2) is 5.82 Å². The summed E-state index contributed by atoms with van der Waals surface area (Å²) >= 11 is 0. The van der Waals surface area contributed by atoms with E-state index in [4.69, 9.17) is 4.74 Å². The number of carbonyl (C=O) groups is 1. The van der Waals surface area contributed by atoms with Crippen LogP contribution in [0, 0.1) is 13.8 Å². The lowest BCUT2D eigenvalue weighted by molar-refractivity contribution is -0.119. The van der Waals surface area contributed by atoms with Gasteiger partial charge in [-0.05, 0) is 45.0 Å². The molecule has 0 fully saturated rings. The van der Waals surface area contributed by atoms with Gasteiger partial charge in [0.05, 0.1) is 18.5 Å². The summed E-state index contributed by atoms with van der Waals surface area (Å²) in [7, 11) is 1.53. The van der Waals surface area contributed by atoms with Gasteiger partial charge in [0.25, 0.3) is 5.56 Å². The van der Waals surface area contributed by atoms with Crippen molar-refractivity contribution in [2.45, 2.75) is 26.8 Å². The molecule has 0 saturated carbocycles. The highest BCUT2D eigenvalue weighted by molar-refractivity contribution is 5.94. The maximum atomic E-state index is 12.7. The van der Waals surface area contributed by atoms with Gasteiger partial charge in [-0.15, -0.1) is 5.10 Å². The third-order valence-electron chi connectivity index (χ3n) is 4.15. The number of amides is 1. The number of para-hydroxylation sites is 2. The average molecular weight is 367 g/mol. The number of anilines is 1. The van der Waals surface area contributed by atoms with E-state index < -0.39 is 6.04 Å². The topological polar surface area (TPSA) is 91.0 Å². The Morgan fingerprint density at radius 3 is 2.56 bits per heavy atom. The number of benzene rings is 1. The summed E-state index contributed by atoms with van der Waals surface area (Å²) in [6.07, 6.45) is 0. The first-order valence-electron chi connectivity index (χ1n) is 8.48. The zero-order chi connectivity index (χ0) is 19.6. The van der Waals surface area contributed by atoms with Crippen LogP contribution in [0.2, 0.25) is 0 Å². The lowest BCUT2D eigenvalue weighted by Gasteiger charge is -2.16. The number of hydrogen-bond acceptors (Lipinski definition) is 5. The van der Waals surface area contributed by atoms with E-state index in [2.05, 4.69) is 15.5 Å². The van der Waals surface area contributed by atoms with Crippen LogP contribution < -0.4 is 15.6 Å². The fourth-order valence-corrected chi connectivity index (χ4v) is 2.76. The summed E-state index contributed by atoms with van der Waals surface area (Å²) in [4.78, 5) is 24.9. The fraction of sp³-hybridized carbons (Fsp3) is 0.263. The van der Waals surface area contributed by atoms with Crippen molar-refractivity contribution >= 4 is 11.6 Å². The van der Waals surface area contributed by atoms with Crippen LogP contribution in [0.3, 0.4) is 0 Å². The van der Waals surface area contributed by atoms with Gasteiger partial charge in [0.1, 0.15) is 11.8 Å². The summed E-state index contributed by atoms with van der Waals surface area (Å²) in [5.74, 6) is 0.631. The minimum Gasteiger partial charge on any atom is -0.495 e. The normalized spacial score (nSPS) is 11.9. The highest BCUT2D eigenvalue weighted by Crippen LogP contribution is 2.24. The predicted octanol–water partition coefficient (Wildman–Crippen LogP) is 2.25. The number of aromatic nitrogens is 4. The number of methoxy groups -OCH3 is 1. The highest BCUT2D eigenvalue weighted by Gasteiger charge is 2.20. The van der Waals surface area contributed by atoms with Gasteiger partial charge in [0.2, 0.25) is 5.91 Å². The van der Waals surface area contributed by atoms with Crippen molar-refractivity contribution in [3.05, 3.63) is 64.2 Å². The molecule has 1 aromatic carbocycles. The quantitative estimate of drug-likeness (QED) is 0.747. The van der Waals surface area contributed by atoms with Crippen LogP contribution in [0.15, 0.2) is 47.3 Å². The molecular weight excluding hydrogens is 346 g/mol. The van der Waals surface area contributed by atoms with Crippen molar-refractivity contribution < 1.29 is 9.53 Å². The molecule has 1 amide bonds. The van der Waals surface area contributed by atoms with Crippen LogP contribution in [-0.4, -0.2) is 32.6 Å². The van der Waals surface area contributed by atoms with Crippen molar-refractivity contribution in [1.82, 2.24) is 19.6 Å². The number of hydrogen-bond donors (Lipinski definition) is 1. The Morgan fingerprint density at radius 1 is 1.15 bits per heavy atom. The zero-order valence-electron chi connectivity index (χ0n) is 15.6. The largest absolute Gasteiger partial charge is 0.495 e. The van der Waals surface area contributed by atoms with E-state index in [0.717, 1.165) is 16.1 Å². The van der Waals surface area contributed by atoms with E-state index in [0.29, 0.717) is 17.3 Å². The molecule has 2 aromatic heterocycles. The number of rotatable bonds is 5. The minimum atomic E-state index is -0.820. The second-order valence-electron chi connectivity index (χ2n) is 6.18. The Labute approximate surface area is 156 Å². The molecule has 27 heavy (non-hydrogen) atoms. The molecule has 3 rings (SSSR count). The third kappa shape index (κ3) is 3.74. The van der Waals surface area contributed by atoms with Crippen LogP contribution in [0.1, 0.15) is 24.4 Å². The summed E-state index contributed by atoms with van der Waals surface area (Å²) in [6.45, 7) is 5.39. The summed E-state index contributed by atoms with van der Waals surface area (Å²) in [5, 5.41) is 11.5. The predicted molar refractivity (Wildman–Crippen MR) is 101 cm³/mol. The number of nitrogens with one attached hydrogen (secondary N) is 1. The number of ether oxygens (including phenoxy) is 1. The summed E-state index contributed by atoms with van der Waals surface area (Å²) in [6, 6.07) is 11.1. The van der Waals surface area contributed by atoms with Gasteiger partial charge in [-0.1, -0.05) is 12.1 Å². The Kier molecular flexibility index (Phi) is 5.07. The van der Waals surface area contributed by atoms with Gasteiger partial charge in [-0.2, -0.15) is 5.10 Å². The van der Waals surface area contributed by atoms with Crippen LogP contribution in [0.5, 0.6) is 5.75 Å². The lowest BCUT2D eigenvalue weighted by atomic mass is 10.2. The van der Waals surface area contributed by atoms with Crippen molar-refractivity contribution in [3.8, 4) is 11.6 Å². The van der Waals surface area contributed by atoms with E-state index in [1.807, 2.05) is 26.0 Å². The van der Waals surface area contributed by atoms with Crippen LogP contribution in [-0.2, 0) is 4.79 Å². The molecule has 140 valence electrons. The van der Waals surface area contributed by atoms with Gasteiger partial charge < -0.3 is 10.1 Å². The Balaban J connectivity index is 1.91. The molecule has 1 atom stereocenters. The van der Waals surface area contributed by atoms with Crippen LogP contribution in [0.25, 0.3) is 5.82 Å². The van der Waals surface area contributed by atoms with E-state index in [9.17, 15) is 9.59 Å². The van der Waals surface area contributed by atoms with Crippen molar-refractivity contribution in [1.29, 1.82) is 0 Å². The highest BCUT2D eigenvalue weighted by atomic mass is 16.5. The zero-order valence-corrected chi connectivity index (χ0v) is 15.6. The Morgan fingerprint density at radius 2 is 1.89 bits per heavy atom. The second kappa shape index (κ2) is 7.45. The number of nitrogens with zero attached hydrogens (tertiary/aromatic N) is 4. The molecule has 8 heteroatoms. The molecule has 0 aliphatic heterocycles. The molecule has 0 spiro atoms. The molecule has 0 aliphatic carbocycles. The maximum Gasteiger partial charge on any atom is 0.267 e. The molecular formula is C19H21N5O3. The average Bonchev–Trinajstić information content (AvgIpc) is 3.00. The van der Waals surface area contributed by atoms with Gasteiger partial charge in [-0.3, -0.25) is 9.59 Å². The molecule has 8 nitrogen and oxygen atoms in total. The monoisotopic (exact) mass is 367 g/mol. The van der Waals surface area contributed by atoms with Crippen molar-refractivity contribution in [2.24, 2.45) is 0 Å². The standard InChI is InChI=1S/C19H21N5O3/c1-12-11-13(2)23(21-12)17-9-10-18(25)24(22-17)14(3)19(26)20-15-7-5-6-8-16(15)27-4/h5-11,14H,1-4H3,(H,20,26). The number of carbonyl (C=O) groups excluding carboxylic acids is 1. The van der Waals surface area contributed by atoms with Crippen molar-refractivity contribution in [2.75, 3.05) is 12.4 Å². The number of aryl methyl sites for hydroxylation is 2. The fourth-order valence-electron chi connectivity index (χ4n) is 2.76. The van der Waals surface area contributed by atoms with Gasteiger partial charge >= 0.3 is 0 Å². The SMILES string of the molecule is COc1ccccc1NC(=O)C(C)n1nc(-n2nc(C)cc2C)ccc1=O. The van der Waals surface area contributed by atoms with Crippen LogP contribution >= 0.6 is 0 Å². The molecule has 3 aromatic rings. The molecule has 0 aliphatic rings. The molecule has 0 saturated heterocycles. The maximum absolute atomic E-state index is 12.7. The van der Waals surface area contributed by atoms with E-state index in [1.165, 1.54) is 13.2 Å². The lowest BCUT2D eigenvalue weighted by Crippen LogP contribution is -2.33. The molecule has 1 unspecified atom stereocenters. The first-order valence-corrected chi connectivity index (χ1v) is 8.48. The van der Waals surface area contributed by atoms with E-state index in [-0.39, 0.29) is 11.5 Å². The van der Waals surface area contributed by atoms with Crippen LogP contribution in [0.4, 0.5) is 5.69 Å². The molecule has 2 heterocycles. The molecule has 0 bridgehead atoms. The second-order valence-corrected chi connectivity index (χ2v) is 6.18. The smallest absolute Gasteiger partial charge is 0.267 e. The molecule has 1 N–H and O–H groups in total. The first kappa shape index (κ1) is 18.4. The summed E-state index contributed by atoms with van der Waals surface area (Å²) < 4.78 is 8.02. The minimum absolute atomic E-state index is 0.372. The Hall–Kier alpha value is -3.42. The molecule has 0 radical (unpaired) electrons. The summed E-state index contributed by atoms with van der Waals surface area (Å²) in [5.41, 5.74) is 1.88. The van der Waals surface area contributed by atoms with E-state index >= 15 is 0 Å². The van der Waals surface area contributed by atoms with Gasteiger partial charge in [-0.25, -0.2) is 9.36 Å². The Bertz CT molecular complexity index is 1040. The van der Waals surface area contributed by atoms with Gasteiger partial charge in [0, 0.05) is 11.8 Å². The van der Waals surface area contributed by atoms with E-state index in [1.54, 1.807) is 35.9 Å². The third-order valence-corrected chi connectivity index (χ3v) is 4.15. The first-order chi connectivity index (χ1) is 12.9.